The first-order chi connectivity index (χ1) is 12.3. The molecule has 1 aliphatic heterocycles. The second-order valence-electron chi connectivity index (χ2n) is 5.88. The van der Waals surface area contributed by atoms with E-state index in [2.05, 4.69) is 14.9 Å². The fourth-order valence-corrected chi connectivity index (χ4v) is 4.16. The highest BCUT2D eigenvalue weighted by molar-refractivity contribution is 7.89. The SMILES string of the molecule is COc1ccc(Cl)cc1S(=O)(=O)N[C@@H](C)C(=O)NCCN1CCOCC1. The number of hydrogen-bond acceptors (Lipinski definition) is 6. The van der Waals surface area contributed by atoms with Gasteiger partial charge in [-0.2, -0.15) is 4.72 Å². The van der Waals surface area contributed by atoms with Crippen molar-refractivity contribution in [2.24, 2.45) is 0 Å². The number of sulfonamides is 1. The highest BCUT2D eigenvalue weighted by Gasteiger charge is 2.25. The van der Waals surface area contributed by atoms with E-state index in [1.807, 2.05) is 0 Å². The lowest BCUT2D eigenvalue weighted by Crippen LogP contribution is -2.47. The quantitative estimate of drug-likeness (QED) is 0.652. The van der Waals surface area contributed by atoms with Crippen LogP contribution in [-0.2, 0) is 19.6 Å². The topological polar surface area (TPSA) is 97.0 Å². The van der Waals surface area contributed by atoms with E-state index in [9.17, 15) is 13.2 Å². The molecule has 2 rings (SSSR count). The van der Waals surface area contributed by atoms with Crippen LogP contribution in [0.25, 0.3) is 0 Å². The number of nitrogens with one attached hydrogen (secondary N) is 2. The molecule has 2 N–H and O–H groups in total. The van der Waals surface area contributed by atoms with E-state index >= 15 is 0 Å². The van der Waals surface area contributed by atoms with Gasteiger partial charge in [-0.25, -0.2) is 8.42 Å². The van der Waals surface area contributed by atoms with Gasteiger partial charge in [0.15, 0.2) is 0 Å². The standard InChI is InChI=1S/C16H24ClN3O5S/c1-12(16(21)18-5-6-20-7-9-25-10-8-20)19-26(22,23)15-11-13(17)3-4-14(15)24-2/h3-4,11-12,19H,5-10H2,1-2H3,(H,18,21)/t12-/m0/s1. The van der Waals surface area contributed by atoms with Gasteiger partial charge in [0, 0.05) is 31.2 Å². The van der Waals surface area contributed by atoms with Crippen LogP contribution in [0.15, 0.2) is 23.1 Å². The molecule has 0 radical (unpaired) electrons. The van der Waals surface area contributed by atoms with Crippen LogP contribution >= 0.6 is 11.6 Å². The summed E-state index contributed by atoms with van der Waals surface area (Å²) in [4.78, 5) is 14.2. The van der Waals surface area contributed by atoms with E-state index in [1.165, 1.54) is 32.2 Å². The Hall–Kier alpha value is -1.39. The Kier molecular flexibility index (Phi) is 7.66. The average molecular weight is 406 g/mol. The summed E-state index contributed by atoms with van der Waals surface area (Å²) in [5, 5.41) is 3.00. The monoisotopic (exact) mass is 405 g/mol. The third kappa shape index (κ3) is 5.82. The van der Waals surface area contributed by atoms with E-state index in [1.54, 1.807) is 0 Å². The molecular weight excluding hydrogens is 382 g/mol. The predicted octanol–water partition coefficient (Wildman–Crippen LogP) is 0.464. The second-order valence-corrected chi connectivity index (χ2v) is 8.00. The molecule has 1 saturated heterocycles. The highest BCUT2D eigenvalue weighted by atomic mass is 35.5. The van der Waals surface area contributed by atoms with Crippen molar-refractivity contribution in [3.05, 3.63) is 23.2 Å². The van der Waals surface area contributed by atoms with Crippen molar-refractivity contribution in [2.45, 2.75) is 17.9 Å². The maximum atomic E-state index is 12.5. The molecule has 1 atom stereocenters. The van der Waals surface area contributed by atoms with Gasteiger partial charge in [-0.15, -0.1) is 0 Å². The van der Waals surface area contributed by atoms with Gasteiger partial charge in [0.1, 0.15) is 10.6 Å². The maximum Gasteiger partial charge on any atom is 0.245 e. The Morgan fingerprint density at radius 2 is 2.08 bits per heavy atom. The minimum atomic E-state index is -3.96. The van der Waals surface area contributed by atoms with Gasteiger partial charge in [-0.1, -0.05) is 11.6 Å². The Morgan fingerprint density at radius 3 is 2.73 bits per heavy atom. The van der Waals surface area contributed by atoms with Crippen LogP contribution in [-0.4, -0.2) is 71.8 Å². The van der Waals surface area contributed by atoms with E-state index in [-0.39, 0.29) is 15.7 Å². The number of nitrogens with zero attached hydrogens (tertiary/aromatic N) is 1. The average Bonchev–Trinajstić information content (AvgIpc) is 2.62. The molecule has 10 heteroatoms. The van der Waals surface area contributed by atoms with Crippen LogP contribution in [0.2, 0.25) is 5.02 Å². The van der Waals surface area contributed by atoms with Gasteiger partial charge in [-0.3, -0.25) is 9.69 Å². The van der Waals surface area contributed by atoms with E-state index in [0.29, 0.717) is 26.3 Å². The summed E-state index contributed by atoms with van der Waals surface area (Å²) in [6.07, 6.45) is 0. The first-order valence-electron chi connectivity index (χ1n) is 8.27. The molecule has 1 aliphatic rings. The van der Waals surface area contributed by atoms with Crippen molar-refractivity contribution in [2.75, 3.05) is 46.5 Å². The number of morpholine rings is 1. The van der Waals surface area contributed by atoms with Crippen molar-refractivity contribution in [3.63, 3.8) is 0 Å². The molecule has 0 aromatic heterocycles. The Bertz CT molecular complexity index is 723. The summed E-state index contributed by atoms with van der Waals surface area (Å²) in [6.45, 7) is 5.64. The van der Waals surface area contributed by atoms with Gasteiger partial charge in [0.25, 0.3) is 0 Å². The molecule has 0 aliphatic carbocycles. The number of hydrogen-bond donors (Lipinski definition) is 2. The molecule has 0 unspecified atom stereocenters. The van der Waals surface area contributed by atoms with Gasteiger partial charge in [0.05, 0.1) is 26.4 Å². The number of amides is 1. The number of carbonyl (C=O) groups excluding carboxylic acids is 1. The minimum absolute atomic E-state index is 0.111. The molecule has 1 heterocycles. The largest absolute Gasteiger partial charge is 0.495 e. The maximum absolute atomic E-state index is 12.5. The summed E-state index contributed by atoms with van der Waals surface area (Å²) in [5.74, 6) is -0.246. The molecule has 1 aromatic carbocycles. The van der Waals surface area contributed by atoms with Crippen molar-refractivity contribution >= 4 is 27.5 Å². The number of ether oxygens (including phenoxy) is 2. The van der Waals surface area contributed by atoms with Crippen LogP contribution in [0.4, 0.5) is 0 Å². The summed E-state index contributed by atoms with van der Waals surface area (Å²) in [7, 11) is -2.60. The summed E-state index contributed by atoms with van der Waals surface area (Å²) < 4.78 is 37.8. The molecule has 26 heavy (non-hydrogen) atoms. The van der Waals surface area contributed by atoms with Crippen LogP contribution in [0.1, 0.15) is 6.92 Å². The van der Waals surface area contributed by atoms with Gasteiger partial charge < -0.3 is 14.8 Å². The lowest BCUT2D eigenvalue weighted by Gasteiger charge is -2.26. The third-order valence-corrected chi connectivity index (χ3v) is 5.77. The first kappa shape index (κ1) is 20.9. The van der Waals surface area contributed by atoms with Crippen LogP contribution in [0.3, 0.4) is 0 Å². The second kappa shape index (κ2) is 9.52. The van der Waals surface area contributed by atoms with Crippen LogP contribution < -0.4 is 14.8 Å². The van der Waals surface area contributed by atoms with Crippen LogP contribution in [0, 0.1) is 0 Å². The first-order valence-corrected chi connectivity index (χ1v) is 10.1. The predicted molar refractivity (Wildman–Crippen MR) is 98.1 cm³/mol. The minimum Gasteiger partial charge on any atom is -0.495 e. The third-order valence-electron chi connectivity index (χ3n) is 3.97. The molecule has 0 spiro atoms. The lowest BCUT2D eigenvalue weighted by atomic mass is 10.3. The summed E-state index contributed by atoms with van der Waals surface area (Å²) in [5.41, 5.74) is 0. The van der Waals surface area contributed by atoms with Crippen molar-refractivity contribution in [1.82, 2.24) is 14.9 Å². The number of halogens is 1. The zero-order chi connectivity index (χ0) is 19.2. The zero-order valence-electron chi connectivity index (χ0n) is 14.8. The summed E-state index contributed by atoms with van der Waals surface area (Å²) >= 11 is 5.88. The van der Waals surface area contributed by atoms with Gasteiger partial charge in [0.2, 0.25) is 15.9 Å². The molecule has 0 bridgehead atoms. The van der Waals surface area contributed by atoms with E-state index < -0.39 is 22.0 Å². The highest BCUT2D eigenvalue weighted by Crippen LogP contribution is 2.27. The van der Waals surface area contributed by atoms with E-state index in [4.69, 9.17) is 21.1 Å². The molecule has 1 fully saturated rings. The summed E-state index contributed by atoms with van der Waals surface area (Å²) in [6, 6.07) is 3.34. The molecule has 0 saturated carbocycles. The Morgan fingerprint density at radius 1 is 1.38 bits per heavy atom. The fraction of sp³-hybridized carbons (Fsp3) is 0.562. The van der Waals surface area contributed by atoms with E-state index in [0.717, 1.165) is 13.1 Å². The van der Waals surface area contributed by atoms with Crippen molar-refractivity contribution < 1.29 is 22.7 Å². The molecule has 146 valence electrons. The fourth-order valence-electron chi connectivity index (χ4n) is 2.53. The number of benzene rings is 1. The molecular formula is C16H24ClN3O5S. The lowest BCUT2D eigenvalue weighted by molar-refractivity contribution is -0.122. The number of rotatable bonds is 8. The van der Waals surface area contributed by atoms with Gasteiger partial charge in [-0.05, 0) is 25.1 Å². The van der Waals surface area contributed by atoms with Crippen LogP contribution in [0.5, 0.6) is 5.75 Å². The number of methoxy groups -OCH3 is 1. The molecule has 1 amide bonds. The smallest absolute Gasteiger partial charge is 0.245 e. The normalized spacial score (nSPS) is 16.9. The molecule has 1 aromatic rings. The number of carbonyl (C=O) groups is 1. The Labute approximate surface area is 158 Å². The molecule has 8 nitrogen and oxygen atoms in total. The van der Waals surface area contributed by atoms with Gasteiger partial charge >= 0.3 is 0 Å². The van der Waals surface area contributed by atoms with Crippen molar-refractivity contribution in [1.29, 1.82) is 0 Å². The zero-order valence-corrected chi connectivity index (χ0v) is 16.4. The Balaban J connectivity index is 1.91. The van der Waals surface area contributed by atoms with Crippen molar-refractivity contribution in [3.8, 4) is 5.75 Å².